The average molecular weight is 463 g/mol. The van der Waals surface area contributed by atoms with Gasteiger partial charge in [-0.2, -0.15) is 0 Å². The van der Waals surface area contributed by atoms with Crippen molar-refractivity contribution < 1.29 is 34.5 Å². The van der Waals surface area contributed by atoms with Crippen LogP contribution in [-0.2, 0) is 9.59 Å². The molecular weight excluding hydrogens is 410 g/mol. The van der Waals surface area contributed by atoms with Crippen LogP contribution in [0.2, 0.25) is 0 Å². The summed E-state index contributed by atoms with van der Waals surface area (Å²) in [6.07, 6.45) is 18.8. The highest BCUT2D eigenvalue weighted by molar-refractivity contribution is 5.83. The molecule has 0 saturated heterocycles. The van der Waals surface area contributed by atoms with Crippen LogP contribution in [0.15, 0.2) is 0 Å². The third-order valence-corrected chi connectivity index (χ3v) is 5.49. The van der Waals surface area contributed by atoms with E-state index in [1.807, 2.05) is 0 Å². The molecule has 2 atom stereocenters. The number of hydrogen-bond acceptors (Lipinski definition) is 4. The summed E-state index contributed by atoms with van der Waals surface area (Å²) < 4.78 is 1.12. The number of aliphatic hydroxyl groups excluding tert-OH is 2. The molecule has 7 heteroatoms. The van der Waals surface area contributed by atoms with Crippen molar-refractivity contribution in [1.29, 1.82) is 0 Å². The molecule has 32 heavy (non-hydrogen) atoms. The van der Waals surface area contributed by atoms with Gasteiger partial charge >= 0.3 is 11.9 Å². The van der Waals surface area contributed by atoms with Gasteiger partial charge in [-0.3, -0.25) is 0 Å². The van der Waals surface area contributed by atoms with Crippen LogP contribution in [0.25, 0.3) is 0 Å². The van der Waals surface area contributed by atoms with Crippen molar-refractivity contribution in [1.82, 2.24) is 0 Å². The van der Waals surface area contributed by atoms with Crippen molar-refractivity contribution in [3.8, 4) is 0 Å². The maximum absolute atomic E-state index is 9.77. The maximum Gasteiger partial charge on any atom is 0.335 e. The summed E-state index contributed by atoms with van der Waals surface area (Å²) in [5.41, 5.74) is 0. The Hall–Kier alpha value is -1.18. The first-order valence-corrected chi connectivity index (χ1v) is 12.6. The van der Waals surface area contributed by atoms with Crippen LogP contribution in [0.4, 0.5) is 0 Å². The van der Waals surface area contributed by atoms with Gasteiger partial charge in [0.15, 0.2) is 12.2 Å². The first-order chi connectivity index (χ1) is 15.0. The molecule has 0 aromatic heterocycles. The van der Waals surface area contributed by atoms with Crippen molar-refractivity contribution >= 4 is 11.9 Å². The fourth-order valence-corrected chi connectivity index (χ4v) is 3.40. The highest BCUT2D eigenvalue weighted by Crippen LogP contribution is 2.13. The predicted octanol–water partition coefficient (Wildman–Crippen LogP) is 4.83. The Morgan fingerprint density at radius 2 is 0.812 bits per heavy atom. The van der Waals surface area contributed by atoms with Crippen LogP contribution in [0.3, 0.4) is 0 Å². The first kappa shape index (κ1) is 33.0. The Bertz CT molecular complexity index is 432. The van der Waals surface area contributed by atoms with E-state index in [1.165, 1.54) is 109 Å². The molecule has 0 aromatic carbocycles. The molecule has 0 aliphatic rings. The monoisotopic (exact) mass is 462 g/mol. The van der Waals surface area contributed by atoms with Crippen molar-refractivity contribution in [3.63, 3.8) is 0 Å². The van der Waals surface area contributed by atoms with E-state index >= 15 is 0 Å². The summed E-state index contributed by atoms with van der Waals surface area (Å²) >= 11 is 0. The summed E-state index contributed by atoms with van der Waals surface area (Å²) in [6, 6.07) is 0. The fourth-order valence-electron chi connectivity index (χ4n) is 3.40. The SMILES string of the molecule is CCCCCCCCCCCCCCCCCC[N+](C)(C)C.O=C(O)C(O)C(O)C(=O)O. The summed E-state index contributed by atoms with van der Waals surface area (Å²) in [6.45, 7) is 3.63. The summed E-state index contributed by atoms with van der Waals surface area (Å²) in [5, 5.41) is 32.5. The normalized spacial score (nSPS) is 13.2. The minimum absolute atomic E-state index is 1.12. The predicted molar refractivity (Wildman–Crippen MR) is 130 cm³/mol. The number of carboxylic acids is 2. The van der Waals surface area contributed by atoms with Gasteiger partial charge in [0.25, 0.3) is 0 Å². The van der Waals surface area contributed by atoms with E-state index in [1.54, 1.807) is 0 Å². The Balaban J connectivity index is 0. The zero-order valence-electron chi connectivity index (χ0n) is 21.2. The molecule has 0 bridgehead atoms. The number of unbranched alkanes of at least 4 members (excludes halogenated alkanes) is 15. The van der Waals surface area contributed by atoms with Gasteiger partial charge in [0.2, 0.25) is 0 Å². The third kappa shape index (κ3) is 25.1. The molecule has 7 nitrogen and oxygen atoms in total. The first-order valence-electron chi connectivity index (χ1n) is 12.6. The third-order valence-electron chi connectivity index (χ3n) is 5.49. The van der Waals surface area contributed by atoms with E-state index < -0.39 is 24.1 Å². The van der Waals surface area contributed by atoms with Crippen LogP contribution >= 0.6 is 0 Å². The number of nitrogens with zero attached hydrogens (tertiary/aromatic N) is 1. The highest BCUT2D eigenvalue weighted by Gasteiger charge is 2.29. The van der Waals surface area contributed by atoms with Crippen molar-refractivity contribution in [2.45, 2.75) is 122 Å². The summed E-state index contributed by atoms with van der Waals surface area (Å²) in [7, 11) is 6.89. The lowest BCUT2D eigenvalue weighted by atomic mass is 10.0. The van der Waals surface area contributed by atoms with Crippen molar-refractivity contribution in [2.24, 2.45) is 0 Å². The molecule has 0 spiro atoms. The molecule has 2 unspecified atom stereocenters. The quantitative estimate of drug-likeness (QED) is 0.152. The smallest absolute Gasteiger partial charge is 0.335 e. The average Bonchev–Trinajstić information content (AvgIpc) is 2.71. The second-order valence-electron chi connectivity index (χ2n) is 9.88. The molecule has 0 aliphatic carbocycles. The lowest BCUT2D eigenvalue weighted by molar-refractivity contribution is -0.870. The van der Waals surface area contributed by atoms with Crippen LogP contribution in [0, 0.1) is 0 Å². The second kappa shape index (κ2) is 21.7. The zero-order chi connectivity index (χ0) is 24.8. The minimum atomic E-state index is -2.27. The number of aliphatic carboxylic acids is 2. The van der Waals surface area contributed by atoms with Gasteiger partial charge in [-0.25, -0.2) is 9.59 Å². The second-order valence-corrected chi connectivity index (χ2v) is 9.88. The van der Waals surface area contributed by atoms with Gasteiger partial charge in [0.05, 0.1) is 27.7 Å². The number of carboxylic acid groups (broad SMARTS) is 2. The number of hydrogen-bond donors (Lipinski definition) is 4. The number of carbonyl (C=O) groups is 2. The molecule has 0 rings (SSSR count). The molecule has 0 radical (unpaired) electrons. The molecule has 4 N–H and O–H groups in total. The van der Waals surface area contributed by atoms with E-state index in [0.29, 0.717) is 0 Å². The van der Waals surface area contributed by atoms with Gasteiger partial charge in [0.1, 0.15) is 0 Å². The molecule has 0 heterocycles. The zero-order valence-corrected chi connectivity index (χ0v) is 21.2. The minimum Gasteiger partial charge on any atom is -0.479 e. The van der Waals surface area contributed by atoms with Gasteiger partial charge < -0.3 is 24.9 Å². The van der Waals surface area contributed by atoms with Gasteiger partial charge in [0, 0.05) is 0 Å². The van der Waals surface area contributed by atoms with Crippen molar-refractivity contribution in [3.05, 3.63) is 0 Å². The highest BCUT2D eigenvalue weighted by atomic mass is 16.4. The fraction of sp³-hybridized carbons (Fsp3) is 0.920. The Kier molecular flexibility index (Phi) is 22.3. The number of aliphatic hydroxyl groups is 2. The number of quaternary nitrogens is 1. The Morgan fingerprint density at radius 1 is 0.562 bits per heavy atom. The number of rotatable bonds is 20. The summed E-state index contributed by atoms with van der Waals surface area (Å²) in [5.74, 6) is -3.54. The van der Waals surface area contributed by atoms with E-state index in [9.17, 15) is 9.59 Å². The van der Waals surface area contributed by atoms with Gasteiger partial charge in [-0.05, 0) is 12.8 Å². The Labute approximate surface area is 196 Å². The lowest BCUT2D eigenvalue weighted by Gasteiger charge is -2.23. The largest absolute Gasteiger partial charge is 0.479 e. The lowest BCUT2D eigenvalue weighted by Crippen LogP contribution is -2.39. The summed E-state index contributed by atoms with van der Waals surface area (Å²) in [4.78, 5) is 19.5. The van der Waals surface area contributed by atoms with Crippen LogP contribution < -0.4 is 0 Å². The van der Waals surface area contributed by atoms with E-state index in [2.05, 4.69) is 28.1 Å². The van der Waals surface area contributed by atoms with E-state index in [4.69, 9.17) is 20.4 Å². The molecule has 0 aliphatic heterocycles. The molecule has 0 fully saturated rings. The molecule has 0 amide bonds. The van der Waals surface area contributed by atoms with Crippen LogP contribution in [0.5, 0.6) is 0 Å². The molecule has 192 valence electrons. The maximum atomic E-state index is 9.77. The van der Waals surface area contributed by atoms with Crippen LogP contribution in [0.1, 0.15) is 110 Å². The van der Waals surface area contributed by atoms with Gasteiger partial charge in [-0.1, -0.05) is 96.8 Å². The van der Waals surface area contributed by atoms with Crippen LogP contribution in [-0.4, -0.2) is 76.7 Å². The van der Waals surface area contributed by atoms with E-state index in [-0.39, 0.29) is 0 Å². The van der Waals surface area contributed by atoms with Crippen molar-refractivity contribution in [2.75, 3.05) is 27.7 Å². The molecular formula is C25H52NO6+. The van der Waals surface area contributed by atoms with Gasteiger partial charge in [-0.15, -0.1) is 0 Å². The Morgan fingerprint density at radius 3 is 1.03 bits per heavy atom. The molecule has 0 saturated carbocycles. The topological polar surface area (TPSA) is 115 Å². The van der Waals surface area contributed by atoms with E-state index in [0.717, 1.165) is 4.48 Å². The molecule has 0 aromatic rings. The standard InChI is InChI=1S/C21H46N.C4H6O6/c1-5-6-7-8-9-10-11-12-13-14-15-16-17-18-19-20-21-22(2,3)4;5-1(3(7)8)2(6)4(9)10/h5-21H2,1-4H3;1-2,5-6H,(H,7,8)(H,9,10)/q+1;.